The van der Waals surface area contributed by atoms with Crippen LogP contribution in [0.5, 0.6) is 11.5 Å². The highest BCUT2D eigenvalue weighted by molar-refractivity contribution is 8.00. The average Bonchev–Trinajstić information content (AvgIpc) is 3.45. The van der Waals surface area contributed by atoms with Gasteiger partial charge in [-0.3, -0.25) is 23.7 Å². The van der Waals surface area contributed by atoms with Crippen LogP contribution in [-0.2, 0) is 27.1 Å². The second-order valence-electron chi connectivity index (χ2n) is 10.8. The van der Waals surface area contributed by atoms with Gasteiger partial charge in [-0.25, -0.2) is 4.90 Å². The second-order valence-corrected chi connectivity index (χ2v) is 12.9. The van der Waals surface area contributed by atoms with E-state index in [4.69, 9.17) is 4.74 Å². The zero-order valence-electron chi connectivity index (χ0n) is 24.3. The summed E-state index contributed by atoms with van der Waals surface area (Å²) in [5.41, 5.74) is 0.728. The third-order valence-electron chi connectivity index (χ3n) is 7.76. The van der Waals surface area contributed by atoms with E-state index in [1.165, 1.54) is 22.8 Å². The van der Waals surface area contributed by atoms with Crippen molar-refractivity contribution >= 4 is 52.2 Å². The molecule has 9 nitrogen and oxygen atoms in total. The van der Waals surface area contributed by atoms with Crippen LogP contribution >= 0.6 is 23.1 Å². The molecule has 6 rings (SSSR count). The summed E-state index contributed by atoms with van der Waals surface area (Å²) < 4.78 is 47.5. The average molecular weight is 670 g/mol. The summed E-state index contributed by atoms with van der Waals surface area (Å²) in [5.74, 6) is -4.02. The molecule has 1 fully saturated rings. The van der Waals surface area contributed by atoms with E-state index in [1.54, 1.807) is 25.1 Å². The number of hydrogen-bond acceptors (Lipinski definition) is 8. The van der Waals surface area contributed by atoms with Crippen molar-refractivity contribution in [2.75, 3.05) is 16.8 Å². The van der Waals surface area contributed by atoms with Crippen LogP contribution in [0.4, 0.5) is 24.5 Å². The van der Waals surface area contributed by atoms with E-state index in [1.807, 2.05) is 19.1 Å². The minimum atomic E-state index is -4.70. The first-order chi connectivity index (χ1) is 21.9. The fourth-order valence-corrected chi connectivity index (χ4v) is 8.44. The Morgan fingerprint density at radius 3 is 2.46 bits per heavy atom. The van der Waals surface area contributed by atoms with Crippen molar-refractivity contribution < 1.29 is 37.4 Å². The maximum Gasteiger partial charge on any atom is 0.416 e. The Hall–Kier alpha value is -4.56. The van der Waals surface area contributed by atoms with Gasteiger partial charge in [-0.05, 0) is 61.9 Å². The van der Waals surface area contributed by atoms with Gasteiger partial charge in [-0.2, -0.15) is 13.2 Å². The standard InChI is InChI=1S/C32H26F3N3O6S2/c1-3-44-22-13-17(9-12-21(22)39)24-25-26(29(42)38(28(25)41)20-6-4-5-18(14-20)32(33,34)35)45-30-27(24)46-31(43)37(30)15-23(40)36-19-10-7-16(2)8-11-19/h4-14,24-26,39H,3,15H2,1-2H3,(H,36,40)/t24-,25?,26?/m0/s1. The number of carbonyl (C=O) groups excluding carboxylic acids is 3. The smallest absolute Gasteiger partial charge is 0.416 e. The monoisotopic (exact) mass is 669 g/mol. The van der Waals surface area contributed by atoms with Gasteiger partial charge in [0, 0.05) is 16.5 Å². The van der Waals surface area contributed by atoms with Crippen molar-refractivity contribution in [3.63, 3.8) is 0 Å². The van der Waals surface area contributed by atoms with Crippen LogP contribution in [0.2, 0.25) is 0 Å². The lowest BCUT2D eigenvalue weighted by atomic mass is 9.83. The number of imide groups is 1. The lowest BCUT2D eigenvalue weighted by Crippen LogP contribution is -2.33. The molecule has 3 aromatic carbocycles. The Bertz CT molecular complexity index is 1920. The molecule has 2 N–H and O–H groups in total. The van der Waals surface area contributed by atoms with Crippen molar-refractivity contribution in [3.8, 4) is 11.5 Å². The molecule has 3 amide bonds. The predicted molar refractivity (Wildman–Crippen MR) is 167 cm³/mol. The van der Waals surface area contributed by atoms with E-state index in [2.05, 4.69) is 5.32 Å². The van der Waals surface area contributed by atoms with Crippen LogP contribution in [0.1, 0.15) is 34.4 Å². The lowest BCUT2D eigenvalue weighted by molar-refractivity contribution is -0.137. The van der Waals surface area contributed by atoms with Crippen molar-refractivity contribution in [2.24, 2.45) is 5.92 Å². The number of aromatic hydroxyl groups is 1. The molecule has 2 aliphatic heterocycles. The van der Waals surface area contributed by atoms with Crippen molar-refractivity contribution in [2.45, 2.75) is 42.8 Å². The van der Waals surface area contributed by atoms with Gasteiger partial charge in [0.15, 0.2) is 11.5 Å². The number of rotatable bonds is 7. The first kappa shape index (κ1) is 31.4. The van der Waals surface area contributed by atoms with Gasteiger partial charge in [0.2, 0.25) is 17.7 Å². The van der Waals surface area contributed by atoms with Gasteiger partial charge in [0.1, 0.15) is 11.8 Å². The number of phenols is 1. The Morgan fingerprint density at radius 1 is 1.02 bits per heavy atom. The van der Waals surface area contributed by atoms with Crippen LogP contribution in [0.25, 0.3) is 0 Å². The topological polar surface area (TPSA) is 118 Å². The third kappa shape index (κ3) is 5.66. The Morgan fingerprint density at radius 2 is 1.76 bits per heavy atom. The van der Waals surface area contributed by atoms with Crippen molar-refractivity contribution in [1.82, 2.24) is 4.57 Å². The molecule has 238 valence electrons. The zero-order valence-corrected chi connectivity index (χ0v) is 26.0. The molecular formula is C32H26F3N3O6S2. The number of phenolic OH excluding ortho intramolecular Hbond substituents is 1. The fraction of sp³-hybridized carbons (Fsp3) is 0.250. The molecule has 1 aromatic heterocycles. The quantitative estimate of drug-likeness (QED) is 0.240. The molecule has 46 heavy (non-hydrogen) atoms. The van der Waals surface area contributed by atoms with Gasteiger partial charge in [-0.15, -0.1) is 0 Å². The minimum Gasteiger partial charge on any atom is -0.504 e. The maximum atomic E-state index is 14.1. The number of hydrogen-bond donors (Lipinski definition) is 2. The number of aryl methyl sites for hydroxylation is 1. The number of halogens is 3. The molecular weight excluding hydrogens is 643 g/mol. The van der Waals surface area contributed by atoms with Gasteiger partial charge >= 0.3 is 11.0 Å². The molecule has 14 heteroatoms. The van der Waals surface area contributed by atoms with E-state index in [0.717, 1.165) is 51.8 Å². The molecule has 1 saturated heterocycles. The first-order valence-electron chi connectivity index (χ1n) is 14.1. The molecule has 2 aliphatic rings. The second kappa shape index (κ2) is 12.0. The summed E-state index contributed by atoms with van der Waals surface area (Å²) in [6, 6.07) is 15.5. The van der Waals surface area contributed by atoms with E-state index in [0.29, 0.717) is 21.2 Å². The Balaban J connectivity index is 1.44. The first-order valence-corrected chi connectivity index (χ1v) is 15.8. The summed E-state index contributed by atoms with van der Waals surface area (Å²) in [6.45, 7) is 3.46. The van der Waals surface area contributed by atoms with E-state index in [9.17, 15) is 37.5 Å². The molecule has 4 aromatic rings. The van der Waals surface area contributed by atoms with Crippen molar-refractivity contribution in [1.29, 1.82) is 0 Å². The number of nitrogens with zero attached hydrogens (tertiary/aromatic N) is 2. The molecule has 0 radical (unpaired) electrons. The summed E-state index contributed by atoms with van der Waals surface area (Å²) in [6.07, 6.45) is -4.70. The fourth-order valence-electron chi connectivity index (χ4n) is 5.67. The highest BCUT2D eigenvalue weighted by Crippen LogP contribution is 2.54. The van der Waals surface area contributed by atoms with Crippen molar-refractivity contribution in [3.05, 3.63) is 98.0 Å². The molecule has 0 aliphatic carbocycles. The molecule has 0 spiro atoms. The summed E-state index contributed by atoms with van der Waals surface area (Å²) in [7, 11) is 0. The number of anilines is 2. The van der Waals surface area contributed by atoms with Gasteiger partial charge < -0.3 is 15.2 Å². The Labute approximate surface area is 268 Å². The molecule has 0 bridgehead atoms. The summed E-state index contributed by atoms with van der Waals surface area (Å²) >= 11 is 1.76. The number of alkyl halides is 3. The SMILES string of the molecule is CCOc1cc([C@@H]2c3sc(=O)n(CC(=O)Nc4ccc(C)cc4)c3SC3C(=O)N(c4cccc(C(F)(F)F)c4)C(=O)C32)ccc1O. The van der Waals surface area contributed by atoms with Crippen LogP contribution in [0.15, 0.2) is 76.6 Å². The number of ether oxygens (including phenoxy) is 1. The van der Waals surface area contributed by atoms with Gasteiger partial charge in [-0.1, -0.05) is 52.9 Å². The number of aromatic nitrogens is 1. The van der Waals surface area contributed by atoms with E-state index in [-0.39, 0.29) is 30.3 Å². The van der Waals surface area contributed by atoms with Crippen LogP contribution in [0, 0.1) is 12.8 Å². The molecule has 0 saturated carbocycles. The van der Waals surface area contributed by atoms with E-state index >= 15 is 0 Å². The van der Waals surface area contributed by atoms with Crippen LogP contribution < -0.4 is 19.8 Å². The minimum absolute atomic E-state index is 0.118. The normalized spacial score (nSPS) is 19.2. The predicted octanol–water partition coefficient (Wildman–Crippen LogP) is 5.78. The molecule has 3 heterocycles. The number of benzene rings is 3. The Kier molecular flexibility index (Phi) is 8.19. The number of fused-ring (bicyclic) bond motifs is 2. The number of carbonyl (C=O) groups is 3. The van der Waals surface area contributed by atoms with Crippen LogP contribution in [-0.4, -0.2) is 39.3 Å². The third-order valence-corrected chi connectivity index (χ3v) is 10.4. The number of thioether (sulfide) groups is 1. The van der Waals surface area contributed by atoms with Crippen LogP contribution in [0.3, 0.4) is 0 Å². The van der Waals surface area contributed by atoms with Gasteiger partial charge in [0.05, 0.1) is 28.8 Å². The largest absolute Gasteiger partial charge is 0.504 e. The summed E-state index contributed by atoms with van der Waals surface area (Å²) in [4.78, 5) is 55.1. The highest BCUT2D eigenvalue weighted by atomic mass is 32.2. The molecule has 2 unspecified atom stereocenters. The van der Waals surface area contributed by atoms with E-state index < -0.39 is 51.4 Å². The lowest BCUT2D eigenvalue weighted by Gasteiger charge is -2.31. The number of nitrogens with one attached hydrogen (secondary N) is 1. The highest BCUT2D eigenvalue weighted by Gasteiger charge is 2.57. The number of thiazole rings is 1. The zero-order chi connectivity index (χ0) is 32.9. The number of amides is 3. The summed E-state index contributed by atoms with van der Waals surface area (Å²) in [5, 5.41) is 12.3. The maximum absolute atomic E-state index is 14.1. The van der Waals surface area contributed by atoms with Gasteiger partial charge in [0.25, 0.3) is 0 Å². The molecule has 3 atom stereocenters.